The van der Waals surface area contributed by atoms with E-state index in [0.717, 1.165) is 12.8 Å². The molecule has 0 fully saturated rings. The first-order chi connectivity index (χ1) is 9.88. The van der Waals surface area contributed by atoms with Crippen molar-refractivity contribution in [3.63, 3.8) is 0 Å². The maximum atomic E-state index is 13.4. The molecule has 0 unspecified atom stereocenters. The molecule has 1 aromatic carbocycles. The quantitative estimate of drug-likeness (QED) is 0.730. The van der Waals surface area contributed by atoms with Gasteiger partial charge in [0.1, 0.15) is 5.75 Å². The van der Waals surface area contributed by atoms with E-state index in [2.05, 4.69) is 20.9 Å². The van der Waals surface area contributed by atoms with Crippen LogP contribution in [0.15, 0.2) is 22.7 Å². The molecule has 0 atom stereocenters. The summed E-state index contributed by atoms with van der Waals surface area (Å²) in [7, 11) is 1.47. The van der Waals surface area contributed by atoms with Crippen molar-refractivity contribution in [2.75, 3.05) is 7.11 Å². The van der Waals surface area contributed by atoms with Crippen molar-refractivity contribution in [2.45, 2.75) is 32.4 Å². The summed E-state index contributed by atoms with van der Waals surface area (Å²) >= 11 is 3.09. The molecule has 0 spiro atoms. The summed E-state index contributed by atoms with van der Waals surface area (Å²) in [6.07, 6.45) is -2.24. The number of aromatic nitrogens is 1. The van der Waals surface area contributed by atoms with Gasteiger partial charge in [0, 0.05) is 11.5 Å². The molecule has 0 bridgehead atoms. The van der Waals surface area contributed by atoms with Crippen LogP contribution in [0.4, 0.5) is 13.2 Å². The second-order valence-corrected chi connectivity index (χ2v) is 5.52. The normalized spacial score (nSPS) is 11.9. The number of unbranched alkanes of at least 4 members (excludes halogenated alkanes) is 1. The van der Waals surface area contributed by atoms with Crippen LogP contribution in [0.3, 0.4) is 0 Å². The standard InChI is InChI=1S/C15H15BrF3NO/c1-3-4-5-11-14(16)13(15(17,18)19)10-7-6-9(21-2)8-12(10)20-11/h6-8H,3-5H2,1-2H3. The molecule has 0 saturated carbocycles. The smallest absolute Gasteiger partial charge is 0.418 e. The maximum absolute atomic E-state index is 13.4. The van der Waals surface area contributed by atoms with Gasteiger partial charge in [0.2, 0.25) is 0 Å². The van der Waals surface area contributed by atoms with E-state index < -0.39 is 11.7 Å². The number of hydrogen-bond donors (Lipinski definition) is 0. The van der Waals surface area contributed by atoms with Gasteiger partial charge in [-0.05, 0) is 40.9 Å². The minimum Gasteiger partial charge on any atom is -0.497 e. The molecule has 0 amide bonds. The fourth-order valence-electron chi connectivity index (χ4n) is 2.19. The first kappa shape index (κ1) is 16.1. The van der Waals surface area contributed by atoms with E-state index in [1.165, 1.54) is 25.3 Å². The number of ether oxygens (including phenoxy) is 1. The molecule has 114 valence electrons. The van der Waals surface area contributed by atoms with Gasteiger partial charge in [0.05, 0.1) is 28.4 Å². The zero-order valence-corrected chi connectivity index (χ0v) is 13.3. The Labute approximate surface area is 129 Å². The van der Waals surface area contributed by atoms with Crippen molar-refractivity contribution < 1.29 is 17.9 Å². The highest BCUT2D eigenvalue weighted by Crippen LogP contribution is 2.41. The second-order valence-electron chi connectivity index (χ2n) is 4.73. The third-order valence-corrected chi connectivity index (χ3v) is 4.11. The number of fused-ring (bicyclic) bond motifs is 1. The van der Waals surface area contributed by atoms with Crippen LogP contribution in [0, 0.1) is 0 Å². The van der Waals surface area contributed by atoms with Crippen molar-refractivity contribution >= 4 is 26.8 Å². The van der Waals surface area contributed by atoms with E-state index in [4.69, 9.17) is 4.74 Å². The fraction of sp³-hybridized carbons (Fsp3) is 0.400. The van der Waals surface area contributed by atoms with Crippen LogP contribution in [0.1, 0.15) is 31.0 Å². The molecule has 2 nitrogen and oxygen atoms in total. The average Bonchev–Trinajstić information content (AvgIpc) is 2.43. The van der Waals surface area contributed by atoms with Crippen LogP contribution in [-0.2, 0) is 12.6 Å². The molecule has 1 aromatic heterocycles. The van der Waals surface area contributed by atoms with Crippen LogP contribution >= 0.6 is 15.9 Å². The molecule has 0 N–H and O–H groups in total. The summed E-state index contributed by atoms with van der Waals surface area (Å²) in [6.45, 7) is 1.99. The minimum atomic E-state index is -4.43. The van der Waals surface area contributed by atoms with E-state index >= 15 is 0 Å². The van der Waals surface area contributed by atoms with Crippen LogP contribution in [-0.4, -0.2) is 12.1 Å². The predicted octanol–water partition coefficient (Wildman–Crippen LogP) is 5.37. The lowest BCUT2D eigenvalue weighted by Gasteiger charge is -2.16. The second kappa shape index (κ2) is 6.22. The lowest BCUT2D eigenvalue weighted by atomic mass is 10.0. The third kappa shape index (κ3) is 3.31. The topological polar surface area (TPSA) is 22.1 Å². The van der Waals surface area contributed by atoms with Gasteiger partial charge in [-0.25, -0.2) is 0 Å². The molecule has 0 saturated heterocycles. The van der Waals surface area contributed by atoms with Crippen molar-refractivity contribution in [3.8, 4) is 5.75 Å². The van der Waals surface area contributed by atoms with Gasteiger partial charge in [-0.1, -0.05) is 13.3 Å². The summed E-state index contributed by atoms with van der Waals surface area (Å²) in [6, 6.07) is 4.45. The lowest BCUT2D eigenvalue weighted by molar-refractivity contribution is -0.137. The molecule has 2 rings (SSSR count). The molecule has 0 radical (unpaired) electrons. The number of benzene rings is 1. The molecule has 2 aromatic rings. The number of rotatable bonds is 4. The monoisotopic (exact) mass is 361 g/mol. The predicted molar refractivity (Wildman–Crippen MR) is 79.6 cm³/mol. The minimum absolute atomic E-state index is 0.0427. The fourth-order valence-corrected chi connectivity index (χ4v) is 2.91. The Kier molecular flexibility index (Phi) is 4.76. The van der Waals surface area contributed by atoms with Crippen molar-refractivity contribution in [2.24, 2.45) is 0 Å². The Balaban J connectivity index is 2.73. The number of pyridine rings is 1. The highest BCUT2D eigenvalue weighted by molar-refractivity contribution is 9.10. The molecule has 0 aliphatic carbocycles. The molecule has 0 aliphatic heterocycles. The first-order valence-corrected chi connectivity index (χ1v) is 7.41. The van der Waals surface area contributed by atoms with Crippen molar-refractivity contribution in [1.29, 1.82) is 0 Å². The van der Waals surface area contributed by atoms with E-state index in [0.29, 0.717) is 23.4 Å². The number of alkyl halides is 3. The Morgan fingerprint density at radius 3 is 2.57 bits per heavy atom. The molecule has 1 heterocycles. The number of hydrogen-bond acceptors (Lipinski definition) is 2. The Morgan fingerprint density at radius 2 is 2.00 bits per heavy atom. The molecular formula is C15H15BrF3NO. The Bertz CT molecular complexity index is 655. The van der Waals surface area contributed by atoms with Gasteiger partial charge in [0.25, 0.3) is 0 Å². The molecular weight excluding hydrogens is 347 g/mol. The number of halogens is 4. The van der Waals surface area contributed by atoms with Crippen molar-refractivity contribution in [1.82, 2.24) is 4.98 Å². The van der Waals surface area contributed by atoms with Gasteiger partial charge < -0.3 is 4.74 Å². The average molecular weight is 362 g/mol. The molecule has 21 heavy (non-hydrogen) atoms. The Hall–Kier alpha value is -1.30. The van der Waals surface area contributed by atoms with Crippen LogP contribution in [0.5, 0.6) is 5.75 Å². The SMILES string of the molecule is CCCCc1nc2cc(OC)ccc2c(C(F)(F)F)c1Br. The lowest BCUT2D eigenvalue weighted by Crippen LogP contribution is -2.10. The maximum Gasteiger partial charge on any atom is 0.418 e. The largest absolute Gasteiger partial charge is 0.497 e. The van der Waals surface area contributed by atoms with Gasteiger partial charge in [-0.2, -0.15) is 13.2 Å². The molecule has 0 aliphatic rings. The van der Waals surface area contributed by atoms with Crippen molar-refractivity contribution in [3.05, 3.63) is 33.9 Å². The number of methoxy groups -OCH3 is 1. The van der Waals surface area contributed by atoms with E-state index in [9.17, 15) is 13.2 Å². The summed E-state index contributed by atoms with van der Waals surface area (Å²) in [5.74, 6) is 0.492. The van der Waals surface area contributed by atoms with Gasteiger partial charge in [-0.3, -0.25) is 4.98 Å². The summed E-state index contributed by atoms with van der Waals surface area (Å²) < 4.78 is 45.2. The third-order valence-electron chi connectivity index (χ3n) is 3.25. The molecule has 6 heteroatoms. The summed E-state index contributed by atoms with van der Waals surface area (Å²) in [5, 5.41) is 0.0791. The highest BCUT2D eigenvalue weighted by atomic mass is 79.9. The van der Waals surface area contributed by atoms with Crippen LogP contribution in [0.25, 0.3) is 10.9 Å². The number of aryl methyl sites for hydroxylation is 1. The van der Waals surface area contributed by atoms with Crippen LogP contribution < -0.4 is 4.74 Å². The van der Waals surface area contributed by atoms with E-state index in [1.54, 1.807) is 0 Å². The van der Waals surface area contributed by atoms with E-state index in [1.807, 2.05) is 6.92 Å². The van der Waals surface area contributed by atoms with Gasteiger partial charge >= 0.3 is 6.18 Å². The summed E-state index contributed by atoms with van der Waals surface area (Å²) in [5.41, 5.74) is 0.0714. The zero-order valence-electron chi connectivity index (χ0n) is 11.7. The number of nitrogens with zero attached hydrogens (tertiary/aromatic N) is 1. The highest BCUT2D eigenvalue weighted by Gasteiger charge is 2.36. The summed E-state index contributed by atoms with van der Waals surface area (Å²) in [4.78, 5) is 4.37. The van der Waals surface area contributed by atoms with Gasteiger partial charge in [-0.15, -0.1) is 0 Å². The van der Waals surface area contributed by atoms with Gasteiger partial charge in [0.15, 0.2) is 0 Å². The Morgan fingerprint density at radius 1 is 1.29 bits per heavy atom. The zero-order chi connectivity index (χ0) is 15.6. The first-order valence-electron chi connectivity index (χ1n) is 6.61. The van der Waals surface area contributed by atoms with E-state index in [-0.39, 0.29) is 9.86 Å². The van der Waals surface area contributed by atoms with Crippen LogP contribution in [0.2, 0.25) is 0 Å².